The molecule has 1 aliphatic heterocycles. The molecule has 3 atom stereocenters. The number of ether oxygens (including phenoxy) is 2. The first-order chi connectivity index (χ1) is 16.4. The number of nitrogens with zero attached hydrogens (tertiary/aromatic N) is 5. The molecule has 34 heavy (non-hydrogen) atoms. The number of H-pyrrole nitrogens is 1. The molecule has 13 heteroatoms. The lowest BCUT2D eigenvalue weighted by atomic mass is 10.1. The number of amides is 1. The topological polar surface area (TPSA) is 162 Å². The number of aliphatic hydroxyl groups is 1. The van der Waals surface area contributed by atoms with E-state index in [1.807, 2.05) is 0 Å². The maximum atomic E-state index is 14.9. The van der Waals surface area contributed by atoms with Crippen molar-refractivity contribution < 1.29 is 23.8 Å². The zero-order valence-corrected chi connectivity index (χ0v) is 18.7. The number of halogens is 1. The van der Waals surface area contributed by atoms with Crippen molar-refractivity contribution in [2.45, 2.75) is 51.1 Å². The van der Waals surface area contributed by atoms with Gasteiger partial charge in [0.2, 0.25) is 5.95 Å². The van der Waals surface area contributed by atoms with Gasteiger partial charge in [0.15, 0.2) is 23.7 Å². The van der Waals surface area contributed by atoms with Crippen LogP contribution >= 0.6 is 0 Å². The number of fused-ring (bicyclic) bond motifs is 1. The van der Waals surface area contributed by atoms with Gasteiger partial charge in [0.1, 0.15) is 17.7 Å². The molecule has 12 nitrogen and oxygen atoms in total. The zero-order chi connectivity index (χ0) is 24.2. The van der Waals surface area contributed by atoms with E-state index in [9.17, 15) is 14.4 Å². The summed E-state index contributed by atoms with van der Waals surface area (Å²) in [6.07, 6.45) is -0.266. The maximum Gasteiger partial charge on any atom is 0.407 e. The quantitative estimate of drug-likeness (QED) is 0.383. The number of aryl methyl sites for hydroxylation is 1. The average molecular weight is 472 g/mol. The molecule has 4 heterocycles. The Morgan fingerprint density at radius 1 is 1.53 bits per heavy atom. The minimum Gasteiger partial charge on any atom is -0.441 e. The second-order valence-electron chi connectivity index (χ2n) is 8.09. The van der Waals surface area contributed by atoms with Gasteiger partial charge in [-0.3, -0.25) is 9.50 Å². The van der Waals surface area contributed by atoms with Crippen LogP contribution in [0.1, 0.15) is 43.3 Å². The summed E-state index contributed by atoms with van der Waals surface area (Å²) < 4.78 is 27.2. The van der Waals surface area contributed by atoms with E-state index in [4.69, 9.17) is 14.6 Å². The van der Waals surface area contributed by atoms with E-state index in [2.05, 4.69) is 36.9 Å². The SMILES string of the molecule is CC(C)NC(=O)O[C@H]1CO[C@@H](c2cc(Nc3nc(CCCO)c(C#N)c4nccn34)n[nH]2)[C@H]1F. The van der Waals surface area contributed by atoms with Gasteiger partial charge in [0, 0.05) is 31.1 Å². The van der Waals surface area contributed by atoms with E-state index in [0.29, 0.717) is 47.2 Å². The van der Waals surface area contributed by atoms with Crippen LogP contribution in [0, 0.1) is 11.3 Å². The van der Waals surface area contributed by atoms with Crippen LogP contribution in [-0.4, -0.2) is 67.3 Å². The molecule has 0 aromatic carbocycles. The number of carbonyl (C=O) groups excluding carboxylic acids is 1. The molecule has 4 N–H and O–H groups in total. The van der Waals surface area contributed by atoms with E-state index in [0.717, 1.165) is 0 Å². The highest BCUT2D eigenvalue weighted by atomic mass is 19.1. The van der Waals surface area contributed by atoms with Crippen LogP contribution in [0.4, 0.5) is 21.0 Å². The normalized spacial score (nSPS) is 19.9. The molecule has 0 spiro atoms. The summed E-state index contributed by atoms with van der Waals surface area (Å²) in [4.78, 5) is 20.6. The van der Waals surface area contributed by atoms with E-state index < -0.39 is 24.5 Å². The number of carbonyl (C=O) groups is 1. The Bertz CT molecular complexity index is 1200. The molecule has 1 fully saturated rings. The van der Waals surface area contributed by atoms with Crippen LogP contribution in [0.5, 0.6) is 0 Å². The highest BCUT2D eigenvalue weighted by molar-refractivity contribution is 5.67. The fraction of sp³-hybridized carbons (Fsp3) is 0.476. The highest BCUT2D eigenvalue weighted by Gasteiger charge is 2.42. The first-order valence-electron chi connectivity index (χ1n) is 10.8. The Morgan fingerprint density at radius 2 is 2.35 bits per heavy atom. The molecule has 1 amide bonds. The van der Waals surface area contributed by atoms with E-state index in [1.165, 1.54) is 0 Å². The minimum atomic E-state index is -1.58. The predicted molar refractivity (Wildman–Crippen MR) is 117 cm³/mol. The van der Waals surface area contributed by atoms with Crippen LogP contribution in [0.3, 0.4) is 0 Å². The number of aliphatic hydroxyl groups excluding tert-OH is 1. The first-order valence-corrected chi connectivity index (χ1v) is 10.8. The molecule has 0 aliphatic carbocycles. The van der Waals surface area contributed by atoms with Gasteiger partial charge in [0.25, 0.3) is 0 Å². The molecule has 0 saturated carbocycles. The third kappa shape index (κ3) is 4.78. The number of alkyl carbamates (subject to hydrolysis) is 1. The first kappa shape index (κ1) is 23.4. The van der Waals surface area contributed by atoms with Crippen molar-refractivity contribution >= 4 is 23.5 Å². The number of imidazole rings is 1. The zero-order valence-electron chi connectivity index (χ0n) is 18.7. The highest BCUT2D eigenvalue weighted by Crippen LogP contribution is 2.33. The van der Waals surface area contributed by atoms with Gasteiger partial charge in [-0.2, -0.15) is 10.4 Å². The second-order valence-corrected chi connectivity index (χ2v) is 8.09. The molecule has 0 unspecified atom stereocenters. The Labute approximate surface area is 194 Å². The molecule has 180 valence electrons. The standard InChI is InChI=1S/C21H25FN8O4/c1-11(2)25-21(32)34-15-10-33-18(17(15)22)14-8-16(29-28-14)27-20-26-13(4-3-7-31)12(9-23)19-24-5-6-30(19)20/h5-6,8,11,15,17-18,31H,3-4,7,10H2,1-2H3,(H,25,32)(H2,26,27,28,29)/t15-,17-,18-/m0/s1. The van der Waals surface area contributed by atoms with Gasteiger partial charge in [-0.1, -0.05) is 0 Å². The van der Waals surface area contributed by atoms with Gasteiger partial charge in [-0.05, 0) is 26.7 Å². The van der Waals surface area contributed by atoms with Crippen LogP contribution in [0.15, 0.2) is 18.5 Å². The Kier molecular flexibility index (Phi) is 6.90. The van der Waals surface area contributed by atoms with Crippen molar-refractivity contribution in [2.75, 3.05) is 18.5 Å². The van der Waals surface area contributed by atoms with Crippen LogP contribution in [0.2, 0.25) is 0 Å². The number of hydrogen-bond acceptors (Lipinski definition) is 9. The summed E-state index contributed by atoms with van der Waals surface area (Å²) >= 11 is 0. The molecule has 1 saturated heterocycles. The smallest absolute Gasteiger partial charge is 0.407 e. The molecule has 1 aliphatic rings. The Morgan fingerprint density at radius 3 is 3.09 bits per heavy atom. The predicted octanol–water partition coefficient (Wildman–Crippen LogP) is 1.91. The van der Waals surface area contributed by atoms with Gasteiger partial charge in [-0.25, -0.2) is 19.2 Å². The molecule has 3 aromatic heterocycles. The molecule has 4 rings (SSSR count). The van der Waals surface area contributed by atoms with Crippen LogP contribution in [0.25, 0.3) is 5.65 Å². The number of aromatic nitrogens is 5. The Hall–Kier alpha value is -3.76. The molecule has 0 bridgehead atoms. The number of alkyl halides is 1. The summed E-state index contributed by atoms with van der Waals surface area (Å²) in [5, 5.41) is 31.2. The molecule has 0 radical (unpaired) electrons. The summed E-state index contributed by atoms with van der Waals surface area (Å²) in [7, 11) is 0. The lowest BCUT2D eigenvalue weighted by Gasteiger charge is -2.16. The van der Waals surface area contributed by atoms with Crippen molar-refractivity contribution in [1.29, 1.82) is 5.26 Å². The molecular formula is C21H25FN8O4. The third-order valence-corrected chi connectivity index (χ3v) is 5.20. The number of nitrogens with one attached hydrogen (secondary N) is 3. The number of nitriles is 1. The number of rotatable bonds is 8. The van der Waals surface area contributed by atoms with Crippen molar-refractivity contribution in [1.82, 2.24) is 29.9 Å². The van der Waals surface area contributed by atoms with Gasteiger partial charge >= 0.3 is 6.09 Å². The number of aromatic amines is 1. The van der Waals surface area contributed by atoms with E-state index >= 15 is 0 Å². The van der Waals surface area contributed by atoms with Crippen LogP contribution < -0.4 is 10.6 Å². The van der Waals surface area contributed by atoms with Gasteiger partial charge in [-0.15, -0.1) is 0 Å². The monoisotopic (exact) mass is 472 g/mol. The van der Waals surface area contributed by atoms with Crippen molar-refractivity contribution in [3.8, 4) is 6.07 Å². The molecule has 3 aromatic rings. The largest absolute Gasteiger partial charge is 0.441 e. The number of anilines is 2. The summed E-state index contributed by atoms with van der Waals surface area (Å²) in [5.74, 6) is 0.696. The summed E-state index contributed by atoms with van der Waals surface area (Å²) in [6.45, 7) is 3.43. The minimum absolute atomic E-state index is 0.0344. The fourth-order valence-electron chi connectivity index (χ4n) is 3.66. The number of hydrogen-bond donors (Lipinski definition) is 4. The van der Waals surface area contributed by atoms with Crippen molar-refractivity contribution in [3.05, 3.63) is 35.4 Å². The average Bonchev–Trinajstić information content (AvgIpc) is 3.53. The third-order valence-electron chi connectivity index (χ3n) is 5.20. The van der Waals surface area contributed by atoms with Crippen molar-refractivity contribution in [3.63, 3.8) is 0 Å². The van der Waals surface area contributed by atoms with Gasteiger partial charge < -0.3 is 25.2 Å². The second kappa shape index (κ2) is 10.0. The van der Waals surface area contributed by atoms with Crippen molar-refractivity contribution in [2.24, 2.45) is 0 Å². The van der Waals surface area contributed by atoms with Crippen LogP contribution in [-0.2, 0) is 15.9 Å². The maximum absolute atomic E-state index is 14.9. The van der Waals surface area contributed by atoms with Gasteiger partial charge in [0.05, 0.1) is 18.0 Å². The summed E-state index contributed by atoms with van der Waals surface area (Å²) in [5.41, 5.74) is 1.61. The van der Waals surface area contributed by atoms with E-state index in [-0.39, 0.29) is 19.3 Å². The fourth-order valence-corrected chi connectivity index (χ4v) is 3.66. The lowest BCUT2D eigenvalue weighted by Crippen LogP contribution is -2.36. The Balaban J connectivity index is 1.51. The summed E-state index contributed by atoms with van der Waals surface area (Å²) in [6, 6.07) is 3.56. The molecular weight excluding hydrogens is 447 g/mol. The van der Waals surface area contributed by atoms with E-state index in [1.54, 1.807) is 36.7 Å². The lowest BCUT2D eigenvalue weighted by molar-refractivity contribution is 0.0615.